The Hall–Kier alpha value is -1.69. The highest BCUT2D eigenvalue weighted by Crippen LogP contribution is 2.21. The van der Waals surface area contributed by atoms with E-state index < -0.39 is 10.7 Å². The minimum atomic E-state index is -0.572. The van der Waals surface area contributed by atoms with E-state index in [9.17, 15) is 14.5 Å². The van der Waals surface area contributed by atoms with E-state index in [0.29, 0.717) is 6.54 Å². The first-order valence-electron chi connectivity index (χ1n) is 4.45. The van der Waals surface area contributed by atoms with Gasteiger partial charge in [-0.2, -0.15) is 0 Å². The van der Waals surface area contributed by atoms with Gasteiger partial charge in [0.05, 0.1) is 10.6 Å². The van der Waals surface area contributed by atoms with Crippen molar-refractivity contribution in [2.24, 2.45) is 5.73 Å². The summed E-state index contributed by atoms with van der Waals surface area (Å²) >= 11 is 0. The Balaban J connectivity index is 2.95. The van der Waals surface area contributed by atoms with Crippen LogP contribution in [0.4, 0.5) is 15.8 Å². The molecule has 0 aliphatic rings. The number of nitrogens with one attached hydrogen (secondary N) is 1. The molecule has 0 aliphatic heterocycles. The van der Waals surface area contributed by atoms with Gasteiger partial charge in [-0.25, -0.2) is 4.39 Å². The first kappa shape index (κ1) is 11.4. The van der Waals surface area contributed by atoms with Crippen molar-refractivity contribution in [3.05, 3.63) is 34.1 Å². The molecule has 0 spiro atoms. The van der Waals surface area contributed by atoms with E-state index in [1.165, 1.54) is 0 Å². The number of benzene rings is 1. The van der Waals surface area contributed by atoms with Crippen LogP contribution in [0.25, 0.3) is 0 Å². The van der Waals surface area contributed by atoms with Crippen LogP contribution in [0, 0.1) is 15.9 Å². The molecule has 0 fully saturated rings. The number of halogens is 1. The Morgan fingerprint density at radius 1 is 1.67 bits per heavy atom. The largest absolute Gasteiger partial charge is 0.379 e. The molecule has 15 heavy (non-hydrogen) atoms. The topological polar surface area (TPSA) is 81.2 Å². The fourth-order valence-corrected chi connectivity index (χ4v) is 1.06. The molecule has 1 unspecified atom stereocenters. The second-order valence-corrected chi connectivity index (χ2v) is 3.20. The van der Waals surface area contributed by atoms with Crippen molar-refractivity contribution < 1.29 is 9.31 Å². The van der Waals surface area contributed by atoms with Gasteiger partial charge in [-0.05, 0) is 13.0 Å². The Morgan fingerprint density at radius 2 is 2.33 bits per heavy atom. The molecule has 0 aliphatic carbocycles. The Kier molecular flexibility index (Phi) is 3.56. The molecule has 0 saturated carbocycles. The lowest BCUT2D eigenvalue weighted by molar-refractivity contribution is -0.384. The van der Waals surface area contributed by atoms with E-state index in [1.807, 2.05) is 0 Å². The quantitative estimate of drug-likeness (QED) is 0.586. The molecule has 0 amide bonds. The van der Waals surface area contributed by atoms with Gasteiger partial charge in [-0.3, -0.25) is 10.1 Å². The van der Waals surface area contributed by atoms with Gasteiger partial charge in [0, 0.05) is 24.7 Å². The molecule has 1 aromatic rings. The number of nitro benzene ring substituents is 1. The number of hydrogen-bond acceptors (Lipinski definition) is 4. The molecule has 1 atom stereocenters. The van der Waals surface area contributed by atoms with Crippen molar-refractivity contribution in [1.29, 1.82) is 0 Å². The summed E-state index contributed by atoms with van der Waals surface area (Å²) in [6, 6.07) is 3.19. The van der Waals surface area contributed by atoms with Crippen molar-refractivity contribution in [2.75, 3.05) is 11.9 Å². The summed E-state index contributed by atoms with van der Waals surface area (Å²) in [4.78, 5) is 9.88. The maximum atomic E-state index is 13.2. The van der Waals surface area contributed by atoms with Gasteiger partial charge in [-0.1, -0.05) is 0 Å². The normalized spacial score (nSPS) is 12.2. The molecule has 3 N–H and O–H groups in total. The van der Waals surface area contributed by atoms with Crippen LogP contribution in [-0.4, -0.2) is 17.5 Å². The third-order valence-electron chi connectivity index (χ3n) is 1.92. The molecule has 6 heteroatoms. The molecule has 1 rings (SSSR count). The van der Waals surface area contributed by atoms with Crippen LogP contribution in [0.15, 0.2) is 18.2 Å². The summed E-state index contributed by atoms with van der Waals surface area (Å²) in [5.41, 5.74) is 5.30. The van der Waals surface area contributed by atoms with Crippen molar-refractivity contribution >= 4 is 11.4 Å². The predicted octanol–water partition coefficient (Wildman–Crippen LogP) is 1.49. The number of hydrogen-bond donors (Lipinski definition) is 2. The zero-order chi connectivity index (χ0) is 11.4. The Morgan fingerprint density at radius 3 is 2.87 bits per heavy atom. The summed E-state index contributed by atoms with van der Waals surface area (Å²) in [5.74, 6) is -0.527. The lowest BCUT2D eigenvalue weighted by atomic mass is 10.2. The minimum Gasteiger partial charge on any atom is -0.379 e. The van der Waals surface area contributed by atoms with E-state index >= 15 is 0 Å². The molecule has 0 saturated heterocycles. The van der Waals surface area contributed by atoms with Crippen LogP contribution in [0.1, 0.15) is 6.92 Å². The monoisotopic (exact) mass is 213 g/mol. The maximum absolute atomic E-state index is 13.2. The number of nitrogens with two attached hydrogens (primary N) is 1. The number of anilines is 1. The van der Waals surface area contributed by atoms with Gasteiger partial charge in [0.25, 0.3) is 5.69 Å². The van der Waals surface area contributed by atoms with E-state index in [2.05, 4.69) is 5.32 Å². The highest BCUT2D eigenvalue weighted by Gasteiger charge is 2.11. The Labute approximate surface area is 86.2 Å². The Bertz CT molecular complexity index is 370. The summed E-state index contributed by atoms with van der Waals surface area (Å²) in [7, 11) is 0. The predicted molar refractivity (Wildman–Crippen MR) is 55.2 cm³/mol. The van der Waals surface area contributed by atoms with Gasteiger partial charge >= 0.3 is 0 Å². The highest BCUT2D eigenvalue weighted by atomic mass is 19.1. The molecule has 0 radical (unpaired) electrons. The number of nitro groups is 1. The molecule has 0 aromatic heterocycles. The molecule has 0 heterocycles. The lowest BCUT2D eigenvalue weighted by Crippen LogP contribution is -2.25. The summed E-state index contributed by atoms with van der Waals surface area (Å²) < 4.78 is 13.2. The van der Waals surface area contributed by atoms with Crippen LogP contribution in [0.3, 0.4) is 0 Å². The van der Waals surface area contributed by atoms with Crippen molar-refractivity contribution in [1.82, 2.24) is 0 Å². The van der Waals surface area contributed by atoms with Gasteiger partial charge in [0.15, 0.2) is 0 Å². The highest BCUT2D eigenvalue weighted by molar-refractivity contribution is 5.52. The van der Waals surface area contributed by atoms with E-state index in [-0.39, 0.29) is 17.4 Å². The second-order valence-electron chi connectivity index (χ2n) is 3.20. The smallest absolute Gasteiger partial charge is 0.271 e. The van der Waals surface area contributed by atoms with E-state index in [4.69, 9.17) is 5.73 Å². The zero-order valence-corrected chi connectivity index (χ0v) is 8.24. The molecule has 5 nitrogen and oxygen atoms in total. The molecular weight excluding hydrogens is 201 g/mol. The first-order chi connectivity index (χ1) is 7.04. The zero-order valence-electron chi connectivity index (χ0n) is 8.24. The van der Waals surface area contributed by atoms with E-state index in [0.717, 1.165) is 18.2 Å². The SMILES string of the molecule is CC(CN)Nc1cc([N+](=O)[O-])ccc1F. The fourth-order valence-electron chi connectivity index (χ4n) is 1.06. The molecule has 0 bridgehead atoms. The number of nitrogens with zero attached hydrogens (tertiary/aromatic N) is 1. The molecular formula is C9H12FN3O2. The molecule has 82 valence electrons. The third kappa shape index (κ3) is 2.88. The van der Waals surface area contributed by atoms with Gasteiger partial charge < -0.3 is 11.1 Å². The first-order valence-corrected chi connectivity index (χ1v) is 4.45. The lowest BCUT2D eigenvalue weighted by Gasteiger charge is -2.12. The average Bonchev–Trinajstić information content (AvgIpc) is 2.20. The van der Waals surface area contributed by atoms with E-state index in [1.54, 1.807) is 6.92 Å². The maximum Gasteiger partial charge on any atom is 0.271 e. The van der Waals surface area contributed by atoms with Crippen LogP contribution in [0.2, 0.25) is 0 Å². The van der Waals surface area contributed by atoms with Crippen molar-refractivity contribution in [3.8, 4) is 0 Å². The summed E-state index contributed by atoms with van der Waals surface area (Å²) in [5, 5.41) is 13.2. The van der Waals surface area contributed by atoms with Gasteiger partial charge in [-0.15, -0.1) is 0 Å². The average molecular weight is 213 g/mol. The minimum absolute atomic E-state index is 0.0992. The van der Waals surface area contributed by atoms with Crippen LogP contribution >= 0.6 is 0 Å². The second kappa shape index (κ2) is 4.70. The van der Waals surface area contributed by atoms with Gasteiger partial charge in [0.2, 0.25) is 0 Å². The molecule has 1 aromatic carbocycles. The summed E-state index contributed by atoms with van der Waals surface area (Å²) in [6.07, 6.45) is 0. The number of rotatable bonds is 4. The van der Waals surface area contributed by atoms with Crippen molar-refractivity contribution in [2.45, 2.75) is 13.0 Å². The summed E-state index contributed by atoms with van der Waals surface area (Å²) in [6.45, 7) is 2.08. The van der Waals surface area contributed by atoms with Crippen LogP contribution in [-0.2, 0) is 0 Å². The van der Waals surface area contributed by atoms with Crippen molar-refractivity contribution in [3.63, 3.8) is 0 Å². The number of non-ortho nitro benzene ring substituents is 1. The van der Waals surface area contributed by atoms with Crippen LogP contribution in [0.5, 0.6) is 0 Å². The standard InChI is InChI=1S/C9H12FN3O2/c1-6(5-11)12-9-4-7(13(14)15)2-3-8(9)10/h2-4,6,12H,5,11H2,1H3. The van der Waals surface area contributed by atoms with Crippen LogP contribution < -0.4 is 11.1 Å². The fraction of sp³-hybridized carbons (Fsp3) is 0.333. The third-order valence-corrected chi connectivity index (χ3v) is 1.92. The van der Waals surface area contributed by atoms with Gasteiger partial charge in [0.1, 0.15) is 5.82 Å².